The quantitative estimate of drug-likeness (QED) is 0.564. The number of rotatable bonds is 6. The van der Waals surface area contributed by atoms with Gasteiger partial charge >= 0.3 is 0 Å². The number of sulfonamides is 1. The van der Waals surface area contributed by atoms with Crippen LogP contribution in [0.5, 0.6) is 0 Å². The van der Waals surface area contributed by atoms with E-state index in [2.05, 4.69) is 10.3 Å². The Hall–Kier alpha value is -2.71. The van der Waals surface area contributed by atoms with E-state index in [0.29, 0.717) is 41.5 Å². The Morgan fingerprint density at radius 1 is 1.19 bits per heavy atom. The number of halogens is 1. The standard InChI is InChI=1S/C19H20FN3O3S/c1-12-18(16-11-14(20)6-9-17(16)23-12)19(24)22-10-2-3-13-4-7-15(8-5-13)27(21,25)26/h4-9,11,23H,2-3,10H2,1H3,(H,22,24)(H2,21,25,26). The Balaban J connectivity index is 1.59. The van der Waals surface area contributed by atoms with E-state index in [1.807, 2.05) is 0 Å². The third-order valence-electron chi connectivity index (χ3n) is 4.35. The number of nitrogens with two attached hydrogens (primary N) is 1. The topological polar surface area (TPSA) is 105 Å². The average molecular weight is 389 g/mol. The fourth-order valence-electron chi connectivity index (χ4n) is 3.02. The van der Waals surface area contributed by atoms with Gasteiger partial charge in [-0.3, -0.25) is 4.79 Å². The predicted molar refractivity (Wildman–Crippen MR) is 101 cm³/mol. The van der Waals surface area contributed by atoms with Crippen LogP contribution in [0.4, 0.5) is 4.39 Å². The van der Waals surface area contributed by atoms with Crippen molar-refractivity contribution in [1.29, 1.82) is 0 Å². The van der Waals surface area contributed by atoms with Gasteiger partial charge in [0.1, 0.15) is 5.82 Å². The van der Waals surface area contributed by atoms with Crippen LogP contribution >= 0.6 is 0 Å². The summed E-state index contributed by atoms with van der Waals surface area (Å²) < 4.78 is 36.0. The molecule has 4 N–H and O–H groups in total. The van der Waals surface area contributed by atoms with Crippen molar-refractivity contribution in [3.05, 3.63) is 65.1 Å². The number of hydrogen-bond donors (Lipinski definition) is 3. The van der Waals surface area contributed by atoms with Gasteiger partial charge in [-0.05, 0) is 55.7 Å². The summed E-state index contributed by atoms with van der Waals surface area (Å²) in [5.74, 6) is -0.646. The van der Waals surface area contributed by atoms with E-state index in [4.69, 9.17) is 5.14 Å². The summed E-state index contributed by atoms with van der Waals surface area (Å²) in [4.78, 5) is 15.6. The van der Waals surface area contributed by atoms with Gasteiger partial charge in [-0.15, -0.1) is 0 Å². The van der Waals surface area contributed by atoms with E-state index in [-0.39, 0.29) is 10.8 Å². The molecular formula is C19H20FN3O3S. The maximum absolute atomic E-state index is 13.5. The number of aromatic nitrogens is 1. The molecule has 6 nitrogen and oxygen atoms in total. The lowest BCUT2D eigenvalue weighted by atomic mass is 10.1. The van der Waals surface area contributed by atoms with E-state index in [0.717, 1.165) is 5.56 Å². The molecule has 27 heavy (non-hydrogen) atoms. The molecule has 8 heteroatoms. The van der Waals surface area contributed by atoms with Crippen molar-refractivity contribution in [2.24, 2.45) is 5.14 Å². The van der Waals surface area contributed by atoms with Crippen LogP contribution in [0.1, 0.15) is 28.0 Å². The van der Waals surface area contributed by atoms with Crippen molar-refractivity contribution in [2.75, 3.05) is 6.54 Å². The summed E-state index contributed by atoms with van der Waals surface area (Å²) in [6.45, 7) is 2.22. The third-order valence-corrected chi connectivity index (χ3v) is 5.28. The highest BCUT2D eigenvalue weighted by atomic mass is 32.2. The van der Waals surface area contributed by atoms with Crippen LogP contribution in [0.15, 0.2) is 47.4 Å². The number of carbonyl (C=O) groups is 1. The lowest BCUT2D eigenvalue weighted by Crippen LogP contribution is -2.25. The molecule has 1 heterocycles. The number of primary sulfonamides is 1. The smallest absolute Gasteiger partial charge is 0.253 e. The monoisotopic (exact) mass is 389 g/mol. The molecule has 0 spiro atoms. The zero-order valence-electron chi connectivity index (χ0n) is 14.8. The number of carbonyl (C=O) groups excluding carboxylic acids is 1. The molecule has 0 atom stereocenters. The Morgan fingerprint density at radius 2 is 1.89 bits per heavy atom. The van der Waals surface area contributed by atoms with Crippen molar-refractivity contribution < 1.29 is 17.6 Å². The molecule has 0 aliphatic heterocycles. The lowest BCUT2D eigenvalue weighted by Gasteiger charge is -2.06. The first-order chi connectivity index (χ1) is 12.8. The van der Waals surface area contributed by atoms with Crippen LogP contribution in [-0.2, 0) is 16.4 Å². The molecule has 0 unspecified atom stereocenters. The van der Waals surface area contributed by atoms with E-state index in [1.165, 1.54) is 24.3 Å². The Kier molecular flexibility index (Phi) is 5.29. The Bertz CT molecular complexity index is 1090. The molecule has 0 saturated heterocycles. The molecule has 0 aliphatic carbocycles. The average Bonchev–Trinajstić information content (AvgIpc) is 2.93. The van der Waals surface area contributed by atoms with Gasteiger partial charge in [-0.1, -0.05) is 12.1 Å². The van der Waals surface area contributed by atoms with Crippen molar-refractivity contribution in [2.45, 2.75) is 24.7 Å². The van der Waals surface area contributed by atoms with Crippen molar-refractivity contribution >= 4 is 26.8 Å². The van der Waals surface area contributed by atoms with Crippen molar-refractivity contribution in [1.82, 2.24) is 10.3 Å². The van der Waals surface area contributed by atoms with Crippen molar-refractivity contribution in [3.8, 4) is 0 Å². The van der Waals surface area contributed by atoms with E-state index in [9.17, 15) is 17.6 Å². The maximum atomic E-state index is 13.5. The lowest BCUT2D eigenvalue weighted by molar-refractivity contribution is 0.0954. The molecule has 1 amide bonds. The van der Waals surface area contributed by atoms with Crippen LogP contribution < -0.4 is 10.5 Å². The largest absolute Gasteiger partial charge is 0.358 e. The number of aromatic amines is 1. The molecule has 0 aliphatic rings. The molecule has 1 aromatic heterocycles. The molecule has 0 saturated carbocycles. The van der Waals surface area contributed by atoms with Gasteiger partial charge in [0.15, 0.2) is 0 Å². The second kappa shape index (κ2) is 7.50. The zero-order chi connectivity index (χ0) is 19.6. The number of amides is 1. The Morgan fingerprint density at radius 3 is 2.56 bits per heavy atom. The number of aryl methyl sites for hydroxylation is 2. The molecular weight excluding hydrogens is 369 g/mol. The van der Waals surface area contributed by atoms with Gasteiger partial charge in [0, 0.05) is 23.1 Å². The first-order valence-corrected chi connectivity index (χ1v) is 9.98. The van der Waals surface area contributed by atoms with Gasteiger partial charge < -0.3 is 10.3 Å². The highest BCUT2D eigenvalue weighted by Crippen LogP contribution is 2.23. The number of nitrogens with one attached hydrogen (secondary N) is 2. The van der Waals surface area contributed by atoms with Gasteiger partial charge in [-0.2, -0.15) is 0 Å². The van der Waals surface area contributed by atoms with Gasteiger partial charge in [0.25, 0.3) is 5.91 Å². The molecule has 3 rings (SSSR count). The van der Waals surface area contributed by atoms with E-state index >= 15 is 0 Å². The Labute approximate surface area is 156 Å². The zero-order valence-corrected chi connectivity index (χ0v) is 15.6. The number of hydrogen-bond acceptors (Lipinski definition) is 3. The summed E-state index contributed by atoms with van der Waals surface area (Å²) in [7, 11) is -3.69. The summed E-state index contributed by atoms with van der Waals surface area (Å²) in [6.07, 6.45) is 1.35. The second-order valence-electron chi connectivity index (χ2n) is 6.36. The van der Waals surface area contributed by atoms with Crippen LogP contribution in [0.25, 0.3) is 10.9 Å². The summed E-state index contributed by atoms with van der Waals surface area (Å²) in [5, 5.41) is 8.47. The van der Waals surface area contributed by atoms with Crippen molar-refractivity contribution in [3.63, 3.8) is 0 Å². The predicted octanol–water partition coefficient (Wildman–Crippen LogP) is 2.63. The highest BCUT2D eigenvalue weighted by Gasteiger charge is 2.16. The van der Waals surface area contributed by atoms with Crippen LogP contribution in [0.2, 0.25) is 0 Å². The molecule has 2 aromatic carbocycles. The normalized spacial score (nSPS) is 11.7. The molecule has 3 aromatic rings. The summed E-state index contributed by atoms with van der Waals surface area (Å²) in [6, 6.07) is 10.6. The van der Waals surface area contributed by atoms with Gasteiger partial charge in [0.05, 0.1) is 10.5 Å². The third kappa shape index (κ3) is 4.35. The minimum absolute atomic E-state index is 0.0709. The molecule has 142 valence electrons. The van der Waals surface area contributed by atoms with Crippen LogP contribution in [0, 0.1) is 12.7 Å². The second-order valence-corrected chi connectivity index (χ2v) is 7.92. The molecule has 0 bridgehead atoms. The minimum Gasteiger partial charge on any atom is -0.358 e. The first-order valence-electron chi connectivity index (χ1n) is 8.43. The van der Waals surface area contributed by atoms with Crippen LogP contribution in [0.3, 0.4) is 0 Å². The SMILES string of the molecule is Cc1[nH]c2ccc(F)cc2c1C(=O)NCCCc1ccc(S(N)(=O)=O)cc1. The maximum Gasteiger partial charge on any atom is 0.253 e. The number of benzene rings is 2. The fraction of sp³-hybridized carbons (Fsp3) is 0.211. The van der Waals surface area contributed by atoms with Gasteiger partial charge in [0.2, 0.25) is 10.0 Å². The minimum atomic E-state index is -3.69. The van der Waals surface area contributed by atoms with E-state index < -0.39 is 15.8 Å². The van der Waals surface area contributed by atoms with E-state index in [1.54, 1.807) is 25.1 Å². The molecule has 0 fully saturated rings. The summed E-state index contributed by atoms with van der Waals surface area (Å²) >= 11 is 0. The first kappa shape index (κ1) is 19.1. The fourth-order valence-corrected chi connectivity index (χ4v) is 3.54. The number of fused-ring (bicyclic) bond motifs is 1. The summed E-state index contributed by atoms with van der Waals surface area (Å²) in [5.41, 5.74) is 2.80. The van der Waals surface area contributed by atoms with Crippen LogP contribution in [-0.4, -0.2) is 25.9 Å². The van der Waals surface area contributed by atoms with Gasteiger partial charge in [-0.25, -0.2) is 17.9 Å². The molecule has 0 radical (unpaired) electrons. The highest BCUT2D eigenvalue weighted by molar-refractivity contribution is 7.89. The number of H-pyrrole nitrogens is 1.